The molecule has 2 heterocycles. The van der Waals surface area contributed by atoms with Crippen molar-refractivity contribution in [2.75, 3.05) is 25.1 Å². The molecule has 5 nitrogen and oxygen atoms in total. The Morgan fingerprint density at radius 3 is 2.79 bits per heavy atom. The Labute approximate surface area is 174 Å². The fourth-order valence-electron chi connectivity index (χ4n) is 4.70. The Hall–Kier alpha value is -1.30. The van der Waals surface area contributed by atoms with Crippen LogP contribution in [0.2, 0.25) is 0 Å². The number of hydrogen-bond acceptors (Lipinski definition) is 4. The van der Waals surface area contributed by atoms with Crippen molar-refractivity contribution < 1.29 is 14.3 Å². The van der Waals surface area contributed by atoms with Crippen molar-refractivity contribution in [2.45, 2.75) is 64.0 Å². The number of carbonyl (C=O) groups excluding carboxylic acids is 1. The van der Waals surface area contributed by atoms with Gasteiger partial charge >= 0.3 is 0 Å². The van der Waals surface area contributed by atoms with Gasteiger partial charge in [0, 0.05) is 31.0 Å². The average Bonchev–Trinajstić information content (AvgIpc) is 3.13. The van der Waals surface area contributed by atoms with E-state index in [-0.39, 0.29) is 24.4 Å². The lowest BCUT2D eigenvalue weighted by molar-refractivity contribution is -0.117. The molecule has 2 N–H and O–H groups in total. The van der Waals surface area contributed by atoms with Crippen LogP contribution >= 0.6 is 12.4 Å². The van der Waals surface area contributed by atoms with E-state index < -0.39 is 0 Å². The van der Waals surface area contributed by atoms with E-state index in [1.807, 2.05) is 25.1 Å². The van der Waals surface area contributed by atoms with E-state index in [9.17, 15) is 4.79 Å². The lowest BCUT2D eigenvalue weighted by Crippen LogP contribution is -2.39. The number of benzene rings is 1. The standard InChI is InChI=1S/C22H32N2O3.ClH/c1-15-6-7-18(13-21(15)27-14-16-8-10-26-11-9-16)23-22(25)20-12-17-4-2-3-5-19(17)24-20;/h6-7,13,16-17,19-20,24H,2-5,8-12,14H2,1H3,(H,23,25);1H. The normalized spacial score (nSPS) is 27.5. The second-order valence-corrected chi connectivity index (χ2v) is 8.44. The molecule has 3 unspecified atom stereocenters. The van der Waals surface area contributed by atoms with Gasteiger partial charge in [0.15, 0.2) is 0 Å². The number of carbonyl (C=O) groups is 1. The molecule has 0 aromatic heterocycles. The molecule has 4 rings (SSSR count). The smallest absolute Gasteiger partial charge is 0.241 e. The highest BCUT2D eigenvalue weighted by molar-refractivity contribution is 5.95. The summed E-state index contributed by atoms with van der Waals surface area (Å²) in [6.07, 6.45) is 8.16. The number of rotatable bonds is 5. The third kappa shape index (κ3) is 5.19. The van der Waals surface area contributed by atoms with Gasteiger partial charge in [0.05, 0.1) is 12.6 Å². The van der Waals surface area contributed by atoms with Gasteiger partial charge in [-0.1, -0.05) is 18.9 Å². The van der Waals surface area contributed by atoms with Gasteiger partial charge in [-0.3, -0.25) is 4.79 Å². The van der Waals surface area contributed by atoms with Crippen molar-refractivity contribution in [2.24, 2.45) is 11.8 Å². The van der Waals surface area contributed by atoms with Crippen molar-refractivity contribution in [3.05, 3.63) is 23.8 Å². The van der Waals surface area contributed by atoms with Crippen LogP contribution in [0.4, 0.5) is 5.69 Å². The zero-order chi connectivity index (χ0) is 18.6. The molecule has 28 heavy (non-hydrogen) atoms. The molecule has 1 amide bonds. The molecule has 3 fully saturated rings. The number of nitrogens with one attached hydrogen (secondary N) is 2. The van der Waals surface area contributed by atoms with E-state index in [4.69, 9.17) is 9.47 Å². The van der Waals surface area contributed by atoms with Crippen LogP contribution in [0.3, 0.4) is 0 Å². The summed E-state index contributed by atoms with van der Waals surface area (Å²) in [6, 6.07) is 6.43. The van der Waals surface area contributed by atoms with E-state index >= 15 is 0 Å². The number of halogens is 1. The minimum Gasteiger partial charge on any atom is -0.493 e. The second kappa shape index (κ2) is 9.95. The Balaban J connectivity index is 0.00000225. The zero-order valence-corrected chi connectivity index (χ0v) is 17.6. The third-order valence-electron chi connectivity index (χ3n) is 6.45. The van der Waals surface area contributed by atoms with Crippen molar-refractivity contribution >= 4 is 24.0 Å². The average molecular weight is 409 g/mol. The van der Waals surface area contributed by atoms with Crippen LogP contribution in [0.5, 0.6) is 5.75 Å². The first kappa shape index (κ1) is 21.4. The Morgan fingerprint density at radius 1 is 1.21 bits per heavy atom. The quantitative estimate of drug-likeness (QED) is 0.770. The number of anilines is 1. The summed E-state index contributed by atoms with van der Waals surface area (Å²) in [7, 11) is 0. The maximum absolute atomic E-state index is 12.7. The molecule has 3 aliphatic rings. The Morgan fingerprint density at radius 2 is 2.00 bits per heavy atom. The van der Waals surface area contributed by atoms with Crippen LogP contribution in [0.15, 0.2) is 18.2 Å². The van der Waals surface area contributed by atoms with Gasteiger partial charge < -0.3 is 20.1 Å². The van der Waals surface area contributed by atoms with Crippen LogP contribution in [-0.2, 0) is 9.53 Å². The van der Waals surface area contributed by atoms with E-state index in [2.05, 4.69) is 10.6 Å². The number of aryl methyl sites for hydroxylation is 1. The third-order valence-corrected chi connectivity index (χ3v) is 6.45. The van der Waals surface area contributed by atoms with Crippen LogP contribution in [-0.4, -0.2) is 37.8 Å². The highest BCUT2D eigenvalue weighted by atomic mass is 35.5. The molecule has 3 atom stereocenters. The molecule has 1 aliphatic carbocycles. The minimum absolute atomic E-state index is 0. The van der Waals surface area contributed by atoms with E-state index in [1.54, 1.807) is 0 Å². The Bertz CT molecular complexity index is 649. The summed E-state index contributed by atoms with van der Waals surface area (Å²) in [5, 5.41) is 6.65. The highest BCUT2D eigenvalue weighted by Gasteiger charge is 2.38. The first-order valence-electron chi connectivity index (χ1n) is 10.6. The molecule has 0 spiro atoms. The van der Waals surface area contributed by atoms with Crippen LogP contribution in [0.25, 0.3) is 0 Å². The predicted octanol–water partition coefficient (Wildman–Crippen LogP) is 4.08. The van der Waals surface area contributed by atoms with E-state index in [0.29, 0.717) is 17.9 Å². The molecule has 6 heteroatoms. The van der Waals surface area contributed by atoms with Gasteiger partial charge in [-0.2, -0.15) is 0 Å². The molecule has 1 saturated carbocycles. The molecular formula is C22H33ClN2O3. The molecule has 2 saturated heterocycles. The molecular weight excluding hydrogens is 376 g/mol. The largest absolute Gasteiger partial charge is 0.493 e. The van der Waals surface area contributed by atoms with Gasteiger partial charge in [0.2, 0.25) is 5.91 Å². The molecule has 156 valence electrons. The summed E-state index contributed by atoms with van der Waals surface area (Å²) in [4.78, 5) is 12.7. The highest BCUT2D eigenvalue weighted by Crippen LogP contribution is 2.33. The summed E-state index contributed by atoms with van der Waals surface area (Å²) in [5.74, 6) is 2.18. The molecule has 1 aromatic rings. The molecule has 1 aromatic carbocycles. The fraction of sp³-hybridized carbons (Fsp3) is 0.682. The predicted molar refractivity (Wildman–Crippen MR) is 113 cm³/mol. The number of hydrogen-bond donors (Lipinski definition) is 2. The van der Waals surface area contributed by atoms with Gasteiger partial charge in [0.25, 0.3) is 0 Å². The lowest BCUT2D eigenvalue weighted by Gasteiger charge is -2.24. The summed E-state index contributed by atoms with van der Waals surface area (Å²) < 4.78 is 11.5. The SMILES string of the molecule is Cc1ccc(NC(=O)C2CC3CCCCC3N2)cc1OCC1CCOCC1.Cl. The van der Waals surface area contributed by atoms with Gasteiger partial charge in [-0.05, 0) is 62.5 Å². The van der Waals surface area contributed by atoms with Gasteiger partial charge in [0.1, 0.15) is 5.75 Å². The van der Waals surface area contributed by atoms with Crippen molar-refractivity contribution in [1.82, 2.24) is 5.32 Å². The van der Waals surface area contributed by atoms with Crippen LogP contribution < -0.4 is 15.4 Å². The number of ether oxygens (including phenoxy) is 2. The van der Waals surface area contributed by atoms with Crippen LogP contribution in [0.1, 0.15) is 50.5 Å². The number of amides is 1. The minimum atomic E-state index is -0.0639. The molecule has 0 radical (unpaired) electrons. The van der Waals surface area contributed by atoms with Gasteiger partial charge in [-0.15, -0.1) is 12.4 Å². The first-order chi connectivity index (χ1) is 13.2. The van der Waals surface area contributed by atoms with Crippen molar-refractivity contribution in [3.8, 4) is 5.75 Å². The van der Waals surface area contributed by atoms with Gasteiger partial charge in [-0.25, -0.2) is 0 Å². The zero-order valence-electron chi connectivity index (χ0n) is 16.7. The van der Waals surface area contributed by atoms with Crippen molar-refractivity contribution in [3.63, 3.8) is 0 Å². The second-order valence-electron chi connectivity index (χ2n) is 8.44. The fourth-order valence-corrected chi connectivity index (χ4v) is 4.70. The van der Waals surface area contributed by atoms with Crippen LogP contribution in [0, 0.1) is 18.8 Å². The van der Waals surface area contributed by atoms with Crippen molar-refractivity contribution in [1.29, 1.82) is 0 Å². The molecule has 2 aliphatic heterocycles. The van der Waals surface area contributed by atoms with E-state index in [0.717, 1.165) is 56.1 Å². The Kier molecular flexibility index (Phi) is 7.61. The molecule has 0 bridgehead atoms. The summed E-state index contributed by atoms with van der Waals surface area (Å²) in [6.45, 7) is 4.43. The lowest BCUT2D eigenvalue weighted by atomic mass is 9.85. The topological polar surface area (TPSA) is 59.6 Å². The maximum Gasteiger partial charge on any atom is 0.241 e. The first-order valence-corrected chi connectivity index (χ1v) is 10.6. The monoisotopic (exact) mass is 408 g/mol. The maximum atomic E-state index is 12.7. The number of fused-ring (bicyclic) bond motifs is 1. The summed E-state index contributed by atoms with van der Waals surface area (Å²) in [5.41, 5.74) is 1.93. The summed E-state index contributed by atoms with van der Waals surface area (Å²) >= 11 is 0. The van der Waals surface area contributed by atoms with E-state index in [1.165, 1.54) is 25.7 Å².